The molecule has 0 fully saturated rings. The van der Waals surface area contributed by atoms with Crippen LogP contribution >= 0.6 is 0 Å². The Morgan fingerprint density at radius 2 is 1.72 bits per heavy atom. The van der Waals surface area contributed by atoms with Crippen LogP contribution < -0.4 is 10.1 Å². The van der Waals surface area contributed by atoms with Crippen molar-refractivity contribution in [2.24, 2.45) is 0 Å². The summed E-state index contributed by atoms with van der Waals surface area (Å²) in [5, 5.41) is 2.74. The van der Waals surface area contributed by atoms with Crippen LogP contribution in [0, 0.1) is 13.8 Å². The van der Waals surface area contributed by atoms with Crippen LogP contribution in [-0.4, -0.2) is 25.1 Å². The predicted molar refractivity (Wildman–Crippen MR) is 96.8 cm³/mol. The van der Waals surface area contributed by atoms with Crippen LogP contribution in [0.2, 0.25) is 0 Å². The van der Waals surface area contributed by atoms with E-state index in [1.807, 2.05) is 44.2 Å². The number of hydrogen-bond acceptors (Lipinski definition) is 4. The molecule has 1 amide bonds. The van der Waals surface area contributed by atoms with Crippen molar-refractivity contribution in [1.82, 2.24) is 0 Å². The van der Waals surface area contributed by atoms with Gasteiger partial charge in [-0.15, -0.1) is 0 Å². The molecule has 0 aromatic heterocycles. The molecule has 0 heterocycles. The highest BCUT2D eigenvalue weighted by molar-refractivity contribution is 5.93. The maximum Gasteiger partial charge on any atom is 0.344 e. The maximum atomic E-state index is 11.9. The van der Waals surface area contributed by atoms with Crippen molar-refractivity contribution in [2.75, 3.05) is 18.5 Å². The molecule has 1 N–H and O–H groups in total. The zero-order valence-electron chi connectivity index (χ0n) is 14.8. The van der Waals surface area contributed by atoms with E-state index in [4.69, 9.17) is 9.47 Å². The summed E-state index contributed by atoms with van der Waals surface area (Å²) in [5.41, 5.74) is 3.90. The summed E-state index contributed by atoms with van der Waals surface area (Å²) in [5.74, 6) is -0.376. The number of carbonyl (C=O) groups excluding carboxylic acids is 2. The first-order valence-electron chi connectivity index (χ1n) is 8.22. The highest BCUT2D eigenvalue weighted by Crippen LogP contribution is 2.16. The molecule has 0 saturated carbocycles. The third-order valence-corrected chi connectivity index (χ3v) is 3.72. The molecule has 132 valence electrons. The second-order valence-corrected chi connectivity index (χ2v) is 5.81. The molecule has 0 aliphatic rings. The smallest absolute Gasteiger partial charge is 0.344 e. The van der Waals surface area contributed by atoms with E-state index in [1.165, 1.54) is 5.56 Å². The van der Waals surface area contributed by atoms with E-state index in [0.29, 0.717) is 11.4 Å². The highest BCUT2D eigenvalue weighted by atomic mass is 16.6. The first-order chi connectivity index (χ1) is 12.0. The van der Waals surface area contributed by atoms with Crippen LogP contribution in [0.15, 0.2) is 42.5 Å². The number of aryl methyl sites for hydroxylation is 3. The van der Waals surface area contributed by atoms with Gasteiger partial charge in [0.1, 0.15) is 5.75 Å². The number of ether oxygens (including phenoxy) is 2. The zero-order valence-corrected chi connectivity index (χ0v) is 14.8. The number of amides is 1. The standard InChI is InChI=1S/C20H23NO4/c1-4-16-7-9-17(10-8-16)24-13-20(23)25-12-19(22)21-18-11-14(2)5-6-15(18)3/h5-11H,4,12-13H2,1-3H3,(H,21,22). The van der Waals surface area contributed by atoms with Crippen molar-refractivity contribution in [3.8, 4) is 5.75 Å². The van der Waals surface area contributed by atoms with Crippen molar-refractivity contribution in [2.45, 2.75) is 27.2 Å². The minimum absolute atomic E-state index is 0.234. The Morgan fingerprint density at radius 3 is 2.40 bits per heavy atom. The van der Waals surface area contributed by atoms with Crippen molar-refractivity contribution < 1.29 is 19.1 Å². The molecule has 5 heteroatoms. The lowest BCUT2D eigenvalue weighted by atomic mass is 10.1. The average Bonchev–Trinajstić information content (AvgIpc) is 2.61. The molecule has 2 aromatic carbocycles. The molecule has 0 bridgehead atoms. The number of benzene rings is 2. The van der Waals surface area contributed by atoms with Gasteiger partial charge in [0.05, 0.1) is 0 Å². The second kappa shape index (κ2) is 8.87. The fraction of sp³-hybridized carbons (Fsp3) is 0.300. The summed E-state index contributed by atoms with van der Waals surface area (Å²) in [7, 11) is 0. The van der Waals surface area contributed by atoms with Gasteiger partial charge in [0, 0.05) is 5.69 Å². The fourth-order valence-corrected chi connectivity index (χ4v) is 2.21. The van der Waals surface area contributed by atoms with E-state index < -0.39 is 5.97 Å². The first kappa shape index (κ1) is 18.5. The second-order valence-electron chi connectivity index (χ2n) is 5.81. The van der Waals surface area contributed by atoms with Gasteiger partial charge in [-0.05, 0) is 55.2 Å². The Hall–Kier alpha value is -2.82. The Labute approximate surface area is 148 Å². The average molecular weight is 341 g/mol. The Balaban J connectivity index is 1.75. The number of esters is 1. The van der Waals surface area contributed by atoms with Crippen LogP contribution in [0.5, 0.6) is 5.75 Å². The summed E-state index contributed by atoms with van der Waals surface area (Å²) in [4.78, 5) is 23.6. The molecule has 0 aliphatic carbocycles. The highest BCUT2D eigenvalue weighted by Gasteiger charge is 2.10. The van der Waals surface area contributed by atoms with E-state index in [9.17, 15) is 9.59 Å². The number of carbonyl (C=O) groups is 2. The van der Waals surface area contributed by atoms with Gasteiger partial charge in [0.15, 0.2) is 13.2 Å². The van der Waals surface area contributed by atoms with E-state index in [0.717, 1.165) is 17.5 Å². The third-order valence-electron chi connectivity index (χ3n) is 3.72. The molecule has 0 aliphatic heterocycles. The van der Waals surface area contributed by atoms with Crippen LogP contribution in [0.4, 0.5) is 5.69 Å². The monoisotopic (exact) mass is 341 g/mol. The van der Waals surface area contributed by atoms with E-state index in [1.54, 1.807) is 12.1 Å². The number of hydrogen-bond donors (Lipinski definition) is 1. The molecule has 0 saturated heterocycles. The van der Waals surface area contributed by atoms with Gasteiger partial charge in [-0.1, -0.05) is 31.2 Å². The van der Waals surface area contributed by atoms with E-state index >= 15 is 0 Å². The number of rotatable bonds is 7. The molecule has 5 nitrogen and oxygen atoms in total. The van der Waals surface area contributed by atoms with Crippen LogP contribution in [-0.2, 0) is 20.7 Å². The summed E-state index contributed by atoms with van der Waals surface area (Å²) in [6.07, 6.45) is 0.942. The molecule has 0 atom stereocenters. The molecule has 0 unspecified atom stereocenters. The minimum Gasteiger partial charge on any atom is -0.482 e. The van der Waals surface area contributed by atoms with Crippen molar-refractivity contribution in [3.05, 3.63) is 59.2 Å². The van der Waals surface area contributed by atoms with Gasteiger partial charge in [-0.2, -0.15) is 0 Å². The lowest BCUT2D eigenvalue weighted by Crippen LogP contribution is -2.24. The predicted octanol–water partition coefficient (Wildman–Crippen LogP) is 3.43. The van der Waals surface area contributed by atoms with Gasteiger partial charge < -0.3 is 14.8 Å². The number of anilines is 1. The van der Waals surface area contributed by atoms with Crippen molar-refractivity contribution >= 4 is 17.6 Å². The quantitative estimate of drug-likeness (QED) is 0.784. The zero-order chi connectivity index (χ0) is 18.2. The van der Waals surface area contributed by atoms with Gasteiger partial charge in [-0.25, -0.2) is 4.79 Å². The summed E-state index contributed by atoms with van der Waals surface area (Å²) in [6, 6.07) is 13.3. The Kier molecular flexibility index (Phi) is 6.57. The summed E-state index contributed by atoms with van der Waals surface area (Å²) >= 11 is 0. The van der Waals surface area contributed by atoms with E-state index in [2.05, 4.69) is 12.2 Å². The van der Waals surface area contributed by atoms with Gasteiger partial charge >= 0.3 is 5.97 Å². The largest absolute Gasteiger partial charge is 0.482 e. The molecular weight excluding hydrogens is 318 g/mol. The minimum atomic E-state index is -0.587. The summed E-state index contributed by atoms with van der Waals surface area (Å²) < 4.78 is 10.3. The van der Waals surface area contributed by atoms with Gasteiger partial charge in [-0.3, -0.25) is 4.79 Å². The Morgan fingerprint density at radius 1 is 1.00 bits per heavy atom. The lowest BCUT2D eigenvalue weighted by Gasteiger charge is -2.10. The van der Waals surface area contributed by atoms with Crippen LogP contribution in [0.3, 0.4) is 0 Å². The van der Waals surface area contributed by atoms with Crippen LogP contribution in [0.25, 0.3) is 0 Å². The number of nitrogens with one attached hydrogen (secondary N) is 1. The molecule has 2 rings (SSSR count). The molecule has 25 heavy (non-hydrogen) atoms. The van der Waals surface area contributed by atoms with Crippen LogP contribution in [0.1, 0.15) is 23.6 Å². The maximum absolute atomic E-state index is 11.9. The van der Waals surface area contributed by atoms with E-state index in [-0.39, 0.29) is 19.1 Å². The Bertz CT molecular complexity index is 738. The summed E-state index contributed by atoms with van der Waals surface area (Å²) in [6.45, 7) is 5.33. The molecule has 2 aromatic rings. The van der Waals surface area contributed by atoms with Crippen molar-refractivity contribution in [1.29, 1.82) is 0 Å². The topological polar surface area (TPSA) is 64.6 Å². The SMILES string of the molecule is CCc1ccc(OCC(=O)OCC(=O)Nc2cc(C)ccc2C)cc1. The van der Waals surface area contributed by atoms with Gasteiger partial charge in [0.25, 0.3) is 5.91 Å². The molecule has 0 radical (unpaired) electrons. The third kappa shape index (κ3) is 5.95. The normalized spacial score (nSPS) is 10.2. The fourth-order valence-electron chi connectivity index (χ4n) is 2.21. The van der Waals surface area contributed by atoms with Crippen molar-refractivity contribution in [3.63, 3.8) is 0 Å². The lowest BCUT2D eigenvalue weighted by molar-refractivity contribution is -0.149. The molecule has 0 spiro atoms. The van der Waals surface area contributed by atoms with Gasteiger partial charge in [0.2, 0.25) is 0 Å². The first-order valence-corrected chi connectivity index (χ1v) is 8.22. The molecular formula is C20H23NO4.